The summed E-state index contributed by atoms with van der Waals surface area (Å²) in [5.41, 5.74) is 0.00457. The molecule has 2 aromatic rings. The first-order chi connectivity index (χ1) is 9.15. The van der Waals surface area contributed by atoms with E-state index in [4.69, 9.17) is 16.3 Å². The molecule has 2 aromatic carbocycles. The van der Waals surface area contributed by atoms with Crippen LogP contribution < -0.4 is 10.0 Å². The predicted octanol–water partition coefficient (Wildman–Crippen LogP) is 3.61. The van der Waals surface area contributed by atoms with E-state index in [0.717, 1.165) is 0 Å². The number of halogens is 1. The van der Waals surface area contributed by atoms with Gasteiger partial charge in [0.15, 0.2) is 18.6 Å². The Bertz CT molecular complexity index is 586. The molecule has 19 heavy (non-hydrogen) atoms. The third-order valence-electron chi connectivity index (χ3n) is 2.71. The van der Waals surface area contributed by atoms with Gasteiger partial charge < -0.3 is 14.4 Å². The SMILES string of the molecule is O=[P@](CCl)(COc1ccccc1O)c1ccccc1. The van der Waals surface area contributed by atoms with Crippen LogP contribution in [0.3, 0.4) is 0 Å². The number of phenolic OH excluding ortho intramolecular Hbond substituents is 1. The Morgan fingerprint density at radius 2 is 1.68 bits per heavy atom. The van der Waals surface area contributed by atoms with E-state index in [1.807, 2.05) is 18.2 Å². The van der Waals surface area contributed by atoms with Gasteiger partial charge in [-0.3, -0.25) is 0 Å². The fraction of sp³-hybridized carbons (Fsp3) is 0.143. The number of para-hydroxylation sites is 2. The molecule has 0 unspecified atom stereocenters. The van der Waals surface area contributed by atoms with Crippen LogP contribution >= 0.6 is 18.7 Å². The lowest BCUT2D eigenvalue weighted by Gasteiger charge is -2.17. The quantitative estimate of drug-likeness (QED) is 0.677. The van der Waals surface area contributed by atoms with Crippen molar-refractivity contribution in [3.63, 3.8) is 0 Å². The standard InChI is InChI=1S/C14H14ClO3P/c15-10-19(17,12-6-2-1-3-7-12)11-18-14-9-5-4-8-13(14)16/h1-9,16H,10-11H2/t19-/m1/s1. The van der Waals surface area contributed by atoms with E-state index in [1.54, 1.807) is 30.3 Å². The van der Waals surface area contributed by atoms with Crippen LogP contribution in [0.5, 0.6) is 11.5 Å². The predicted molar refractivity (Wildman–Crippen MR) is 78.0 cm³/mol. The molecule has 0 spiro atoms. The van der Waals surface area contributed by atoms with Gasteiger partial charge in [-0.15, -0.1) is 11.6 Å². The summed E-state index contributed by atoms with van der Waals surface area (Å²) in [6, 6.07) is 15.6. The molecule has 0 heterocycles. The van der Waals surface area contributed by atoms with Gasteiger partial charge in [0.1, 0.15) is 6.35 Å². The minimum absolute atomic E-state index is 0.00457. The molecule has 0 fully saturated rings. The Morgan fingerprint density at radius 1 is 1.05 bits per heavy atom. The lowest BCUT2D eigenvalue weighted by molar-refractivity contribution is 0.349. The van der Waals surface area contributed by atoms with Crippen LogP contribution in [0, 0.1) is 0 Å². The van der Waals surface area contributed by atoms with Crippen molar-refractivity contribution in [3.8, 4) is 11.5 Å². The molecule has 0 aliphatic heterocycles. The second kappa shape index (κ2) is 6.14. The van der Waals surface area contributed by atoms with Crippen molar-refractivity contribution < 1.29 is 14.4 Å². The molecule has 0 aromatic heterocycles. The van der Waals surface area contributed by atoms with Crippen molar-refractivity contribution in [3.05, 3.63) is 54.6 Å². The van der Waals surface area contributed by atoms with Crippen molar-refractivity contribution in [1.82, 2.24) is 0 Å². The van der Waals surface area contributed by atoms with Crippen molar-refractivity contribution in [2.24, 2.45) is 0 Å². The van der Waals surface area contributed by atoms with Gasteiger partial charge in [0, 0.05) is 5.30 Å². The maximum Gasteiger partial charge on any atom is 0.165 e. The lowest BCUT2D eigenvalue weighted by Crippen LogP contribution is -2.12. The zero-order valence-electron chi connectivity index (χ0n) is 10.2. The highest BCUT2D eigenvalue weighted by atomic mass is 35.5. The van der Waals surface area contributed by atoms with Gasteiger partial charge in [-0.25, -0.2) is 0 Å². The minimum atomic E-state index is -2.81. The molecule has 0 saturated carbocycles. The number of ether oxygens (including phenoxy) is 1. The Hall–Kier alpha value is -1.44. The van der Waals surface area contributed by atoms with E-state index in [-0.39, 0.29) is 17.7 Å². The van der Waals surface area contributed by atoms with Gasteiger partial charge in [0.2, 0.25) is 0 Å². The van der Waals surface area contributed by atoms with E-state index in [1.165, 1.54) is 6.07 Å². The summed E-state index contributed by atoms with van der Waals surface area (Å²) in [5.74, 6) is 0.334. The van der Waals surface area contributed by atoms with Gasteiger partial charge in [-0.2, -0.15) is 0 Å². The van der Waals surface area contributed by atoms with Crippen LogP contribution in [0.1, 0.15) is 0 Å². The monoisotopic (exact) mass is 296 g/mol. The van der Waals surface area contributed by atoms with E-state index < -0.39 is 7.14 Å². The molecule has 100 valence electrons. The summed E-state index contributed by atoms with van der Waals surface area (Å²) < 4.78 is 18.2. The molecule has 1 atom stereocenters. The van der Waals surface area contributed by atoms with E-state index in [9.17, 15) is 9.67 Å². The van der Waals surface area contributed by atoms with Gasteiger partial charge in [0.05, 0.1) is 5.62 Å². The molecule has 1 N–H and O–H groups in total. The molecular formula is C14H14ClO3P. The van der Waals surface area contributed by atoms with Crippen LogP contribution in [-0.4, -0.2) is 17.1 Å². The molecule has 2 rings (SSSR count). The van der Waals surface area contributed by atoms with Gasteiger partial charge in [-0.1, -0.05) is 42.5 Å². The normalized spacial score (nSPS) is 13.7. The topological polar surface area (TPSA) is 46.5 Å². The molecule has 0 amide bonds. The number of phenols is 1. The first kappa shape index (κ1) is 14.0. The van der Waals surface area contributed by atoms with E-state index in [0.29, 0.717) is 11.1 Å². The first-order valence-electron chi connectivity index (χ1n) is 5.76. The molecular weight excluding hydrogens is 283 g/mol. The summed E-state index contributed by atoms with van der Waals surface area (Å²) in [4.78, 5) is 0. The first-order valence-corrected chi connectivity index (χ1v) is 8.37. The van der Waals surface area contributed by atoms with Crippen molar-refractivity contribution in [2.45, 2.75) is 0 Å². The van der Waals surface area contributed by atoms with Gasteiger partial charge in [0.25, 0.3) is 0 Å². The number of rotatable bonds is 5. The fourth-order valence-electron chi connectivity index (χ4n) is 1.63. The highest BCUT2D eigenvalue weighted by Gasteiger charge is 2.24. The summed E-state index contributed by atoms with van der Waals surface area (Å²) >= 11 is 5.84. The molecule has 5 heteroatoms. The van der Waals surface area contributed by atoms with Crippen LogP contribution in [0.2, 0.25) is 0 Å². The highest BCUT2D eigenvalue weighted by Crippen LogP contribution is 2.45. The minimum Gasteiger partial charge on any atom is -0.504 e. The Labute approximate surface area is 117 Å². The summed E-state index contributed by atoms with van der Waals surface area (Å²) in [6.07, 6.45) is -0.0297. The van der Waals surface area contributed by atoms with Crippen molar-refractivity contribution in [1.29, 1.82) is 0 Å². The third-order valence-corrected chi connectivity index (χ3v) is 6.04. The van der Waals surface area contributed by atoms with E-state index >= 15 is 0 Å². The highest BCUT2D eigenvalue weighted by molar-refractivity contribution is 7.72. The number of hydrogen-bond donors (Lipinski definition) is 1. The van der Waals surface area contributed by atoms with Crippen molar-refractivity contribution >= 4 is 24.0 Å². The fourth-order valence-corrected chi connectivity index (χ4v) is 3.67. The lowest BCUT2D eigenvalue weighted by atomic mass is 10.3. The molecule has 0 radical (unpaired) electrons. The van der Waals surface area contributed by atoms with Crippen molar-refractivity contribution in [2.75, 3.05) is 12.0 Å². The maximum absolute atomic E-state index is 12.7. The van der Waals surface area contributed by atoms with Crippen LogP contribution in [0.4, 0.5) is 0 Å². The number of aromatic hydroxyl groups is 1. The summed E-state index contributed by atoms with van der Waals surface area (Å²) in [5, 5.41) is 10.3. The molecule has 3 nitrogen and oxygen atoms in total. The Kier molecular flexibility index (Phi) is 4.52. The second-order valence-electron chi connectivity index (χ2n) is 4.09. The molecule has 0 aliphatic rings. The van der Waals surface area contributed by atoms with Gasteiger partial charge >= 0.3 is 0 Å². The van der Waals surface area contributed by atoms with E-state index in [2.05, 4.69) is 0 Å². The summed E-state index contributed by atoms with van der Waals surface area (Å²) in [7, 11) is -2.81. The zero-order valence-corrected chi connectivity index (χ0v) is 11.8. The second-order valence-corrected chi connectivity index (χ2v) is 7.59. The van der Waals surface area contributed by atoms with Gasteiger partial charge in [-0.05, 0) is 12.1 Å². The maximum atomic E-state index is 12.7. The van der Waals surface area contributed by atoms with Crippen LogP contribution in [-0.2, 0) is 4.57 Å². The Balaban J connectivity index is 2.17. The average molecular weight is 297 g/mol. The third kappa shape index (κ3) is 3.31. The number of hydrogen-bond acceptors (Lipinski definition) is 3. The largest absolute Gasteiger partial charge is 0.504 e. The van der Waals surface area contributed by atoms with Crippen LogP contribution in [0.15, 0.2) is 54.6 Å². The number of alkyl halides is 1. The summed E-state index contributed by atoms with van der Waals surface area (Å²) in [6.45, 7) is 0. The average Bonchev–Trinajstić information content (AvgIpc) is 2.47. The molecule has 0 saturated heterocycles. The number of benzene rings is 2. The zero-order chi connectivity index (χ0) is 13.7. The Morgan fingerprint density at radius 3 is 2.32 bits per heavy atom. The van der Waals surface area contributed by atoms with Crippen LogP contribution in [0.25, 0.3) is 0 Å². The molecule has 0 aliphatic carbocycles. The molecule has 0 bridgehead atoms. The smallest absolute Gasteiger partial charge is 0.165 e.